The molecule has 7 amide bonds. The van der Waals surface area contributed by atoms with Gasteiger partial charge in [0.05, 0.1) is 6.42 Å². The summed E-state index contributed by atoms with van der Waals surface area (Å²) >= 11 is 0. The van der Waals surface area contributed by atoms with Crippen LogP contribution < -0.4 is 21.3 Å². The molecule has 3 rings (SSSR count). The number of rotatable bonds is 2. The van der Waals surface area contributed by atoms with Crippen molar-refractivity contribution in [3.8, 4) is 0 Å². The van der Waals surface area contributed by atoms with E-state index in [0.717, 1.165) is 0 Å². The summed E-state index contributed by atoms with van der Waals surface area (Å²) in [6.07, 6.45) is 0.516. The van der Waals surface area contributed by atoms with Crippen molar-refractivity contribution in [2.75, 3.05) is 13.1 Å². The molecule has 0 aromatic carbocycles. The van der Waals surface area contributed by atoms with E-state index in [1.54, 1.807) is 0 Å². The zero-order valence-corrected chi connectivity index (χ0v) is 11.6. The second-order valence-electron chi connectivity index (χ2n) is 5.59. The van der Waals surface area contributed by atoms with Gasteiger partial charge in [-0.2, -0.15) is 0 Å². The number of hydrogen-bond acceptors (Lipinski definition) is 5. The van der Waals surface area contributed by atoms with Crippen LogP contribution in [0, 0.1) is 0 Å². The molecule has 0 saturated carbocycles. The first-order chi connectivity index (χ1) is 10.4. The Balaban J connectivity index is 1.56. The molecule has 0 bridgehead atoms. The number of hydrogen-bond donors (Lipinski definition) is 4. The van der Waals surface area contributed by atoms with Crippen LogP contribution in [0.4, 0.5) is 9.59 Å². The number of nitrogens with one attached hydrogen (secondary N) is 4. The molecule has 1 unspecified atom stereocenters. The maximum atomic E-state index is 12.2. The van der Waals surface area contributed by atoms with Crippen LogP contribution >= 0.6 is 0 Å². The first-order valence-electron chi connectivity index (χ1n) is 6.92. The Kier molecular flexibility index (Phi) is 3.23. The molecule has 3 heterocycles. The smallest absolute Gasteiger partial charge is 0.322 e. The van der Waals surface area contributed by atoms with Gasteiger partial charge in [0.1, 0.15) is 11.6 Å². The Morgan fingerprint density at radius 1 is 1.09 bits per heavy atom. The first-order valence-corrected chi connectivity index (χ1v) is 6.92. The third-order valence-electron chi connectivity index (χ3n) is 4.22. The number of nitrogens with zero attached hydrogens (tertiary/aromatic N) is 1. The molecule has 118 valence electrons. The molecule has 1 spiro atoms. The van der Waals surface area contributed by atoms with Crippen molar-refractivity contribution in [1.29, 1.82) is 0 Å². The van der Waals surface area contributed by atoms with Gasteiger partial charge in [0.25, 0.3) is 11.8 Å². The van der Waals surface area contributed by atoms with Gasteiger partial charge in [-0.15, -0.1) is 0 Å². The van der Waals surface area contributed by atoms with Gasteiger partial charge in [-0.25, -0.2) is 9.59 Å². The molecule has 22 heavy (non-hydrogen) atoms. The monoisotopic (exact) mass is 309 g/mol. The molecule has 3 saturated heterocycles. The highest BCUT2D eigenvalue weighted by Crippen LogP contribution is 2.26. The lowest BCUT2D eigenvalue weighted by molar-refractivity contribution is -0.137. The summed E-state index contributed by atoms with van der Waals surface area (Å²) in [7, 11) is 0. The fourth-order valence-corrected chi connectivity index (χ4v) is 2.92. The van der Waals surface area contributed by atoms with Crippen LogP contribution in [-0.2, 0) is 14.4 Å². The number of likely N-dealkylation sites (tertiary alicyclic amines) is 1. The van der Waals surface area contributed by atoms with E-state index in [1.165, 1.54) is 4.90 Å². The highest BCUT2D eigenvalue weighted by Gasteiger charge is 2.48. The number of carbonyl (C=O) groups excluding carboxylic acids is 5. The third-order valence-corrected chi connectivity index (χ3v) is 4.22. The van der Waals surface area contributed by atoms with Gasteiger partial charge >= 0.3 is 12.1 Å². The number of amides is 7. The van der Waals surface area contributed by atoms with Crippen molar-refractivity contribution in [3.05, 3.63) is 0 Å². The van der Waals surface area contributed by atoms with E-state index < -0.39 is 29.6 Å². The molecule has 0 radical (unpaired) electrons. The Hall–Kier alpha value is -2.65. The predicted molar refractivity (Wildman–Crippen MR) is 70.3 cm³/mol. The zero-order valence-electron chi connectivity index (χ0n) is 11.6. The number of urea groups is 2. The predicted octanol–water partition coefficient (Wildman–Crippen LogP) is -2.21. The Labute approximate surface area is 125 Å². The highest BCUT2D eigenvalue weighted by atomic mass is 16.2. The maximum Gasteiger partial charge on any atom is 0.322 e. The van der Waals surface area contributed by atoms with E-state index in [4.69, 9.17) is 0 Å². The van der Waals surface area contributed by atoms with Gasteiger partial charge in [0.15, 0.2) is 0 Å². The summed E-state index contributed by atoms with van der Waals surface area (Å²) in [5.41, 5.74) is -0.938. The Morgan fingerprint density at radius 3 is 2.27 bits per heavy atom. The van der Waals surface area contributed by atoms with Crippen molar-refractivity contribution in [1.82, 2.24) is 26.2 Å². The summed E-state index contributed by atoms with van der Waals surface area (Å²) in [4.78, 5) is 59.1. The van der Waals surface area contributed by atoms with E-state index in [2.05, 4.69) is 21.3 Å². The summed E-state index contributed by atoms with van der Waals surface area (Å²) in [6.45, 7) is 0.601. The summed E-state index contributed by atoms with van der Waals surface area (Å²) < 4.78 is 0. The van der Waals surface area contributed by atoms with Crippen LogP contribution in [0.5, 0.6) is 0 Å². The van der Waals surface area contributed by atoms with Gasteiger partial charge in [0, 0.05) is 13.1 Å². The molecule has 0 aromatic rings. The van der Waals surface area contributed by atoms with Crippen LogP contribution in [0.3, 0.4) is 0 Å². The lowest BCUT2D eigenvalue weighted by Crippen LogP contribution is -2.56. The minimum atomic E-state index is -0.938. The SMILES string of the molecule is O=C1NC(=O)C(CC(=O)N2CCC3(CC2)NC(=O)NC3=O)N1. The normalized spacial score (nSPS) is 26.5. The second-order valence-corrected chi connectivity index (χ2v) is 5.59. The topological polar surface area (TPSA) is 137 Å². The molecule has 1 atom stereocenters. The molecular formula is C12H15N5O5. The fraction of sp³-hybridized carbons (Fsp3) is 0.583. The first kappa shape index (κ1) is 14.3. The van der Waals surface area contributed by atoms with E-state index in [0.29, 0.717) is 25.9 Å². The van der Waals surface area contributed by atoms with Gasteiger partial charge in [-0.3, -0.25) is 25.0 Å². The molecule has 10 heteroatoms. The molecule has 4 N–H and O–H groups in total. The maximum absolute atomic E-state index is 12.2. The number of piperidine rings is 1. The minimum Gasteiger partial charge on any atom is -0.342 e. The quantitative estimate of drug-likeness (QED) is 0.428. The van der Waals surface area contributed by atoms with Crippen LogP contribution in [0.1, 0.15) is 19.3 Å². The van der Waals surface area contributed by atoms with Crippen LogP contribution in [0.15, 0.2) is 0 Å². The van der Waals surface area contributed by atoms with Crippen molar-refractivity contribution in [2.24, 2.45) is 0 Å². The lowest BCUT2D eigenvalue weighted by Gasteiger charge is -2.37. The van der Waals surface area contributed by atoms with E-state index in [1.807, 2.05) is 0 Å². The molecule has 3 aliphatic rings. The van der Waals surface area contributed by atoms with E-state index in [9.17, 15) is 24.0 Å². The molecule has 0 aromatic heterocycles. The van der Waals surface area contributed by atoms with Crippen LogP contribution in [0.25, 0.3) is 0 Å². The Morgan fingerprint density at radius 2 is 1.77 bits per heavy atom. The Bertz CT molecular complexity index is 580. The van der Waals surface area contributed by atoms with Crippen molar-refractivity contribution in [2.45, 2.75) is 30.8 Å². The number of imide groups is 2. The lowest BCUT2D eigenvalue weighted by atomic mass is 9.87. The molecule has 0 aliphatic carbocycles. The van der Waals surface area contributed by atoms with Gasteiger partial charge < -0.3 is 15.5 Å². The van der Waals surface area contributed by atoms with E-state index >= 15 is 0 Å². The van der Waals surface area contributed by atoms with Gasteiger partial charge in [-0.05, 0) is 12.8 Å². The summed E-state index contributed by atoms with van der Waals surface area (Å²) in [6, 6.07) is -1.98. The summed E-state index contributed by atoms with van der Waals surface area (Å²) in [5, 5.41) is 9.24. The summed E-state index contributed by atoms with van der Waals surface area (Å²) in [5.74, 6) is -1.16. The number of carbonyl (C=O) groups is 5. The highest BCUT2D eigenvalue weighted by molar-refractivity contribution is 6.07. The van der Waals surface area contributed by atoms with Gasteiger partial charge in [0.2, 0.25) is 5.91 Å². The minimum absolute atomic E-state index is 0.122. The molecule has 10 nitrogen and oxygen atoms in total. The zero-order chi connectivity index (χ0) is 15.9. The standard InChI is InChI=1S/C12H15N5O5/c18-7(5-6-8(19)14-10(21)13-6)17-3-1-12(2-4-17)9(20)15-11(22)16-12/h6H,1-5H2,(H2,13,14,19,21)(H2,15,16,20,22). The third kappa shape index (κ3) is 2.36. The molecular weight excluding hydrogens is 294 g/mol. The molecule has 3 fully saturated rings. The largest absolute Gasteiger partial charge is 0.342 e. The van der Waals surface area contributed by atoms with Gasteiger partial charge in [-0.1, -0.05) is 0 Å². The van der Waals surface area contributed by atoms with Crippen molar-refractivity contribution in [3.63, 3.8) is 0 Å². The van der Waals surface area contributed by atoms with Crippen LogP contribution in [0.2, 0.25) is 0 Å². The fourth-order valence-electron chi connectivity index (χ4n) is 2.92. The second kappa shape index (κ2) is 4.97. The van der Waals surface area contributed by atoms with E-state index in [-0.39, 0.29) is 18.2 Å². The van der Waals surface area contributed by atoms with Crippen molar-refractivity contribution < 1.29 is 24.0 Å². The van der Waals surface area contributed by atoms with Crippen molar-refractivity contribution >= 4 is 29.8 Å². The van der Waals surface area contributed by atoms with Crippen LogP contribution in [-0.4, -0.2) is 59.4 Å². The average Bonchev–Trinajstić information content (AvgIpc) is 2.90. The average molecular weight is 309 g/mol. The molecule has 3 aliphatic heterocycles.